The summed E-state index contributed by atoms with van der Waals surface area (Å²) in [4.78, 5) is 0. The molecule has 0 saturated carbocycles. The maximum Gasteiger partial charge on any atom is 0.144 e. The Balaban J connectivity index is 3.17. The average Bonchev–Trinajstić information content (AvgIpc) is 2.21. The van der Waals surface area contributed by atoms with E-state index >= 15 is 0 Å². The molecule has 0 radical (unpaired) electrons. The largest absolute Gasteiger partial charge is 0.495 e. The number of aliphatic hydroxyl groups is 1. The molecule has 0 spiro atoms. The van der Waals surface area contributed by atoms with E-state index in [9.17, 15) is 4.39 Å². The third kappa shape index (κ3) is 2.07. The van der Waals surface area contributed by atoms with Gasteiger partial charge in [-0.05, 0) is 27.6 Å². The van der Waals surface area contributed by atoms with Gasteiger partial charge >= 0.3 is 0 Å². The van der Waals surface area contributed by atoms with Crippen LogP contribution in [0.3, 0.4) is 0 Å². The van der Waals surface area contributed by atoms with Crippen LogP contribution in [0.15, 0.2) is 16.6 Å². The maximum absolute atomic E-state index is 13.6. The lowest BCUT2D eigenvalue weighted by atomic mass is 10.0. The molecular formula is C10H12BrFO2. The van der Waals surface area contributed by atoms with Crippen LogP contribution in [0.25, 0.3) is 0 Å². The van der Waals surface area contributed by atoms with Crippen LogP contribution in [0, 0.1) is 5.82 Å². The van der Waals surface area contributed by atoms with Crippen LogP contribution in [0.4, 0.5) is 4.39 Å². The highest BCUT2D eigenvalue weighted by Crippen LogP contribution is 2.32. The van der Waals surface area contributed by atoms with Gasteiger partial charge in [0.1, 0.15) is 11.6 Å². The van der Waals surface area contributed by atoms with Gasteiger partial charge in [-0.3, -0.25) is 0 Å². The maximum atomic E-state index is 13.6. The lowest BCUT2D eigenvalue weighted by Gasteiger charge is -2.12. The molecule has 1 unspecified atom stereocenters. The van der Waals surface area contributed by atoms with Gasteiger partial charge in [0.2, 0.25) is 0 Å². The van der Waals surface area contributed by atoms with Crippen molar-refractivity contribution in [3.8, 4) is 5.75 Å². The zero-order valence-electron chi connectivity index (χ0n) is 8.05. The molecule has 1 rings (SSSR count). The number of methoxy groups -OCH3 is 1. The van der Waals surface area contributed by atoms with Crippen molar-refractivity contribution in [3.05, 3.63) is 28.0 Å². The molecule has 1 aromatic carbocycles. The van der Waals surface area contributed by atoms with Crippen LogP contribution in [0.1, 0.15) is 18.4 Å². The molecule has 2 nitrogen and oxygen atoms in total. The minimum absolute atomic E-state index is 0.0737. The van der Waals surface area contributed by atoms with E-state index < -0.39 is 0 Å². The normalized spacial score (nSPS) is 12.6. The number of halogens is 2. The van der Waals surface area contributed by atoms with Crippen LogP contribution in [-0.4, -0.2) is 18.8 Å². The molecule has 4 heteroatoms. The highest BCUT2D eigenvalue weighted by atomic mass is 79.9. The topological polar surface area (TPSA) is 29.5 Å². The molecule has 0 aliphatic carbocycles. The van der Waals surface area contributed by atoms with E-state index in [0.717, 1.165) is 0 Å². The molecule has 14 heavy (non-hydrogen) atoms. The number of hydrogen-bond donors (Lipinski definition) is 1. The SMILES string of the molecule is COc1ccc(C(C)CO)c(F)c1Br. The fraction of sp³-hybridized carbons (Fsp3) is 0.400. The summed E-state index contributed by atoms with van der Waals surface area (Å²) in [5.41, 5.74) is 0.486. The van der Waals surface area contributed by atoms with Crippen LogP contribution < -0.4 is 4.74 Å². The van der Waals surface area contributed by atoms with Crippen molar-refractivity contribution in [2.24, 2.45) is 0 Å². The number of ether oxygens (including phenoxy) is 1. The van der Waals surface area contributed by atoms with Crippen molar-refractivity contribution < 1.29 is 14.2 Å². The van der Waals surface area contributed by atoms with Crippen molar-refractivity contribution in [3.63, 3.8) is 0 Å². The van der Waals surface area contributed by atoms with E-state index in [1.165, 1.54) is 7.11 Å². The van der Waals surface area contributed by atoms with Gasteiger partial charge in [-0.2, -0.15) is 0 Å². The second-order valence-electron chi connectivity index (χ2n) is 3.07. The average molecular weight is 263 g/mol. The molecule has 0 bridgehead atoms. The van der Waals surface area contributed by atoms with Gasteiger partial charge in [0, 0.05) is 12.5 Å². The van der Waals surface area contributed by atoms with Crippen LogP contribution in [0.2, 0.25) is 0 Å². The summed E-state index contributed by atoms with van der Waals surface area (Å²) in [6, 6.07) is 3.30. The Kier molecular flexibility index (Phi) is 3.89. The molecule has 1 aromatic rings. The number of hydrogen-bond acceptors (Lipinski definition) is 2. The third-order valence-electron chi connectivity index (χ3n) is 2.10. The van der Waals surface area contributed by atoms with Crippen LogP contribution in [-0.2, 0) is 0 Å². The summed E-state index contributed by atoms with van der Waals surface area (Å²) < 4.78 is 18.9. The molecule has 0 fully saturated rings. The Morgan fingerprint density at radius 2 is 2.21 bits per heavy atom. The summed E-state index contributed by atoms with van der Waals surface area (Å²) in [7, 11) is 1.48. The summed E-state index contributed by atoms with van der Waals surface area (Å²) in [5.74, 6) is -0.125. The molecule has 0 aliphatic heterocycles. The first-order chi connectivity index (χ1) is 6.61. The smallest absolute Gasteiger partial charge is 0.144 e. The van der Waals surface area contributed by atoms with Gasteiger partial charge in [-0.25, -0.2) is 4.39 Å². The first kappa shape index (κ1) is 11.5. The highest BCUT2D eigenvalue weighted by Gasteiger charge is 2.15. The lowest BCUT2D eigenvalue weighted by Crippen LogP contribution is -2.03. The zero-order valence-corrected chi connectivity index (χ0v) is 9.64. The Hall–Kier alpha value is -0.610. The predicted octanol–water partition coefficient (Wildman–Crippen LogP) is 2.69. The Bertz CT molecular complexity index is 328. The molecule has 1 atom stereocenters. The van der Waals surface area contributed by atoms with Crippen molar-refractivity contribution in [2.45, 2.75) is 12.8 Å². The molecule has 0 heterocycles. The van der Waals surface area contributed by atoms with Gasteiger partial charge in [0.15, 0.2) is 0 Å². The molecule has 78 valence electrons. The number of aliphatic hydroxyl groups excluding tert-OH is 1. The van der Waals surface area contributed by atoms with E-state index in [0.29, 0.717) is 15.8 Å². The summed E-state index contributed by atoms with van der Waals surface area (Å²) in [6.07, 6.45) is 0. The Morgan fingerprint density at radius 1 is 1.57 bits per heavy atom. The molecule has 0 saturated heterocycles. The second kappa shape index (κ2) is 4.75. The van der Waals surface area contributed by atoms with E-state index in [4.69, 9.17) is 9.84 Å². The highest BCUT2D eigenvalue weighted by molar-refractivity contribution is 9.10. The van der Waals surface area contributed by atoms with Gasteiger partial charge in [0.05, 0.1) is 11.6 Å². The van der Waals surface area contributed by atoms with Gasteiger partial charge in [-0.1, -0.05) is 13.0 Å². The fourth-order valence-corrected chi connectivity index (χ4v) is 1.71. The molecule has 1 N–H and O–H groups in total. The minimum Gasteiger partial charge on any atom is -0.495 e. The van der Waals surface area contributed by atoms with E-state index in [-0.39, 0.29) is 18.3 Å². The van der Waals surface area contributed by atoms with Crippen LogP contribution in [0.5, 0.6) is 5.75 Å². The van der Waals surface area contributed by atoms with Gasteiger partial charge in [-0.15, -0.1) is 0 Å². The zero-order chi connectivity index (χ0) is 10.7. The third-order valence-corrected chi connectivity index (χ3v) is 2.84. The summed E-state index contributed by atoms with van der Waals surface area (Å²) in [5, 5.41) is 8.92. The Labute approximate surface area is 90.8 Å². The monoisotopic (exact) mass is 262 g/mol. The van der Waals surface area contributed by atoms with E-state index in [1.807, 2.05) is 0 Å². The van der Waals surface area contributed by atoms with Crippen molar-refractivity contribution >= 4 is 15.9 Å². The van der Waals surface area contributed by atoms with Gasteiger partial charge in [0.25, 0.3) is 0 Å². The van der Waals surface area contributed by atoms with Crippen molar-refractivity contribution in [1.29, 1.82) is 0 Å². The molecular weight excluding hydrogens is 251 g/mol. The predicted molar refractivity (Wildman–Crippen MR) is 56.2 cm³/mol. The summed E-state index contributed by atoms with van der Waals surface area (Å²) >= 11 is 3.11. The number of rotatable bonds is 3. The summed E-state index contributed by atoms with van der Waals surface area (Å²) in [6.45, 7) is 1.69. The fourth-order valence-electron chi connectivity index (χ4n) is 1.18. The van der Waals surface area contributed by atoms with Crippen molar-refractivity contribution in [1.82, 2.24) is 0 Å². The first-order valence-corrected chi connectivity index (χ1v) is 5.03. The van der Waals surface area contributed by atoms with E-state index in [1.54, 1.807) is 19.1 Å². The number of benzene rings is 1. The second-order valence-corrected chi connectivity index (χ2v) is 3.86. The lowest BCUT2D eigenvalue weighted by molar-refractivity contribution is 0.270. The first-order valence-electron chi connectivity index (χ1n) is 4.24. The minimum atomic E-state index is -0.370. The van der Waals surface area contributed by atoms with Gasteiger partial charge < -0.3 is 9.84 Å². The Morgan fingerprint density at radius 3 is 2.71 bits per heavy atom. The van der Waals surface area contributed by atoms with E-state index in [2.05, 4.69) is 15.9 Å². The van der Waals surface area contributed by atoms with Crippen molar-refractivity contribution in [2.75, 3.05) is 13.7 Å². The molecule has 0 amide bonds. The standard InChI is InChI=1S/C10H12BrFO2/c1-6(5-13)7-3-4-8(14-2)9(11)10(7)12/h3-4,6,13H,5H2,1-2H3. The molecule has 0 aromatic heterocycles. The quantitative estimate of drug-likeness (QED) is 0.908. The van der Waals surface area contributed by atoms with Crippen LogP contribution >= 0.6 is 15.9 Å². The molecule has 0 aliphatic rings.